The summed E-state index contributed by atoms with van der Waals surface area (Å²) >= 11 is 0. The van der Waals surface area contributed by atoms with Crippen LogP contribution in [-0.2, 0) is 0 Å². The summed E-state index contributed by atoms with van der Waals surface area (Å²) in [4.78, 5) is 2.43. The summed E-state index contributed by atoms with van der Waals surface area (Å²) in [6, 6.07) is 0.624. The van der Waals surface area contributed by atoms with E-state index in [-0.39, 0.29) is 0 Å². The lowest BCUT2D eigenvalue weighted by molar-refractivity contribution is 0.0225. The van der Waals surface area contributed by atoms with E-state index in [4.69, 9.17) is 5.73 Å². The zero-order chi connectivity index (χ0) is 8.48. The molecule has 1 aliphatic rings. The molecule has 0 heterocycles. The van der Waals surface area contributed by atoms with Gasteiger partial charge in [-0.3, -0.25) is 4.90 Å². The van der Waals surface area contributed by atoms with Gasteiger partial charge in [0.05, 0.1) is 0 Å². The van der Waals surface area contributed by atoms with Crippen molar-refractivity contribution in [2.75, 3.05) is 13.6 Å². The van der Waals surface area contributed by atoms with E-state index in [1.165, 1.54) is 19.3 Å². The van der Waals surface area contributed by atoms with Crippen molar-refractivity contribution in [3.63, 3.8) is 0 Å². The first-order valence-corrected chi connectivity index (χ1v) is 4.55. The third-order valence-electron chi connectivity index (χ3n) is 3.19. The van der Waals surface area contributed by atoms with Gasteiger partial charge >= 0.3 is 0 Å². The highest BCUT2D eigenvalue weighted by Crippen LogP contribution is 2.36. The summed E-state index contributed by atoms with van der Waals surface area (Å²) in [7, 11) is 2.19. The SMILES string of the molecule is CC(C)N(C)C1(CN)CCC1. The summed E-state index contributed by atoms with van der Waals surface area (Å²) in [5, 5.41) is 0. The van der Waals surface area contributed by atoms with Gasteiger partial charge in [0.2, 0.25) is 0 Å². The largest absolute Gasteiger partial charge is 0.329 e. The summed E-state index contributed by atoms with van der Waals surface area (Å²) in [6.07, 6.45) is 3.94. The molecule has 2 heteroatoms. The van der Waals surface area contributed by atoms with Crippen molar-refractivity contribution in [1.29, 1.82) is 0 Å². The van der Waals surface area contributed by atoms with Gasteiger partial charge in [0.15, 0.2) is 0 Å². The fourth-order valence-electron chi connectivity index (χ4n) is 1.83. The molecule has 0 aromatic heterocycles. The van der Waals surface area contributed by atoms with Gasteiger partial charge in [0.25, 0.3) is 0 Å². The highest BCUT2D eigenvalue weighted by Gasteiger charge is 2.40. The van der Waals surface area contributed by atoms with E-state index in [0.29, 0.717) is 11.6 Å². The Labute approximate surface area is 69.8 Å². The van der Waals surface area contributed by atoms with E-state index in [1.807, 2.05) is 0 Å². The summed E-state index contributed by atoms with van der Waals surface area (Å²) in [6.45, 7) is 5.28. The Morgan fingerprint density at radius 1 is 1.45 bits per heavy atom. The van der Waals surface area contributed by atoms with Crippen LogP contribution in [0.2, 0.25) is 0 Å². The van der Waals surface area contributed by atoms with Crippen molar-refractivity contribution >= 4 is 0 Å². The Bertz CT molecular complexity index is 122. The molecule has 0 bridgehead atoms. The maximum atomic E-state index is 5.77. The van der Waals surface area contributed by atoms with Gasteiger partial charge in [-0.1, -0.05) is 0 Å². The lowest BCUT2D eigenvalue weighted by Gasteiger charge is -2.50. The number of nitrogens with two attached hydrogens (primary N) is 1. The van der Waals surface area contributed by atoms with Crippen molar-refractivity contribution in [1.82, 2.24) is 4.90 Å². The first kappa shape index (κ1) is 9.01. The van der Waals surface area contributed by atoms with Gasteiger partial charge in [-0.25, -0.2) is 0 Å². The van der Waals surface area contributed by atoms with Crippen LogP contribution in [0.5, 0.6) is 0 Å². The second-order valence-corrected chi connectivity index (χ2v) is 3.99. The normalized spacial score (nSPS) is 22.4. The minimum atomic E-state index is 0.355. The van der Waals surface area contributed by atoms with Crippen LogP contribution in [0.3, 0.4) is 0 Å². The van der Waals surface area contributed by atoms with Crippen LogP contribution in [0.4, 0.5) is 0 Å². The first-order chi connectivity index (χ1) is 5.12. The van der Waals surface area contributed by atoms with Crippen LogP contribution in [0.25, 0.3) is 0 Å². The molecule has 66 valence electrons. The Balaban J connectivity index is 2.54. The maximum absolute atomic E-state index is 5.77. The Kier molecular flexibility index (Phi) is 2.55. The number of nitrogens with zero attached hydrogens (tertiary/aromatic N) is 1. The average molecular weight is 156 g/mol. The molecule has 2 nitrogen and oxygen atoms in total. The highest BCUT2D eigenvalue weighted by molar-refractivity contribution is 4.98. The van der Waals surface area contributed by atoms with Crippen molar-refractivity contribution < 1.29 is 0 Å². The molecule has 1 rings (SSSR count). The molecule has 0 saturated heterocycles. The molecule has 1 saturated carbocycles. The molecule has 0 aliphatic heterocycles. The van der Waals surface area contributed by atoms with E-state index in [1.54, 1.807) is 0 Å². The smallest absolute Gasteiger partial charge is 0.0331 e. The number of hydrogen-bond acceptors (Lipinski definition) is 2. The van der Waals surface area contributed by atoms with Crippen LogP contribution in [0.15, 0.2) is 0 Å². The number of rotatable bonds is 3. The standard InChI is InChI=1S/C9H20N2/c1-8(2)11(3)9(7-10)5-4-6-9/h8H,4-7,10H2,1-3H3. The molecular weight excluding hydrogens is 136 g/mol. The van der Waals surface area contributed by atoms with E-state index in [0.717, 1.165) is 6.54 Å². The molecule has 0 amide bonds. The molecule has 11 heavy (non-hydrogen) atoms. The van der Waals surface area contributed by atoms with Gasteiger partial charge in [0.1, 0.15) is 0 Å². The lowest BCUT2D eigenvalue weighted by Crippen LogP contribution is -2.58. The predicted octanol–water partition coefficient (Wildman–Crippen LogP) is 1.21. The minimum Gasteiger partial charge on any atom is -0.329 e. The lowest BCUT2D eigenvalue weighted by atomic mass is 9.75. The molecule has 0 unspecified atom stereocenters. The van der Waals surface area contributed by atoms with Gasteiger partial charge in [-0.15, -0.1) is 0 Å². The fourth-order valence-corrected chi connectivity index (χ4v) is 1.83. The van der Waals surface area contributed by atoms with Crippen LogP contribution in [0.1, 0.15) is 33.1 Å². The van der Waals surface area contributed by atoms with Gasteiger partial charge in [-0.2, -0.15) is 0 Å². The quantitative estimate of drug-likeness (QED) is 0.665. The Morgan fingerprint density at radius 3 is 2.09 bits per heavy atom. The second-order valence-electron chi connectivity index (χ2n) is 3.99. The van der Waals surface area contributed by atoms with E-state index in [9.17, 15) is 0 Å². The molecule has 0 aromatic rings. The van der Waals surface area contributed by atoms with E-state index < -0.39 is 0 Å². The third-order valence-corrected chi connectivity index (χ3v) is 3.19. The Hall–Kier alpha value is -0.0800. The zero-order valence-corrected chi connectivity index (χ0v) is 7.93. The molecule has 0 atom stereocenters. The van der Waals surface area contributed by atoms with Crippen molar-refractivity contribution in [2.45, 2.75) is 44.7 Å². The zero-order valence-electron chi connectivity index (χ0n) is 7.93. The summed E-state index contributed by atoms with van der Waals surface area (Å²) < 4.78 is 0. The molecule has 2 N–H and O–H groups in total. The molecular formula is C9H20N2. The third kappa shape index (κ3) is 1.42. The fraction of sp³-hybridized carbons (Fsp3) is 1.00. The van der Waals surface area contributed by atoms with Crippen LogP contribution >= 0.6 is 0 Å². The first-order valence-electron chi connectivity index (χ1n) is 4.55. The van der Waals surface area contributed by atoms with Crippen LogP contribution in [0, 0.1) is 0 Å². The van der Waals surface area contributed by atoms with Gasteiger partial charge in [0, 0.05) is 18.1 Å². The average Bonchev–Trinajstić information content (AvgIpc) is 1.86. The molecule has 0 spiro atoms. The Morgan fingerprint density at radius 2 is 2.00 bits per heavy atom. The van der Waals surface area contributed by atoms with Crippen molar-refractivity contribution in [2.24, 2.45) is 5.73 Å². The predicted molar refractivity (Wildman–Crippen MR) is 48.5 cm³/mol. The number of hydrogen-bond donors (Lipinski definition) is 1. The van der Waals surface area contributed by atoms with E-state index in [2.05, 4.69) is 25.8 Å². The van der Waals surface area contributed by atoms with Crippen molar-refractivity contribution in [3.8, 4) is 0 Å². The molecule has 0 aromatic carbocycles. The van der Waals surface area contributed by atoms with E-state index >= 15 is 0 Å². The molecule has 0 radical (unpaired) electrons. The van der Waals surface area contributed by atoms with Gasteiger partial charge < -0.3 is 5.73 Å². The molecule has 1 aliphatic carbocycles. The summed E-state index contributed by atoms with van der Waals surface area (Å²) in [5.41, 5.74) is 6.12. The summed E-state index contributed by atoms with van der Waals surface area (Å²) in [5.74, 6) is 0. The van der Waals surface area contributed by atoms with Crippen molar-refractivity contribution in [3.05, 3.63) is 0 Å². The van der Waals surface area contributed by atoms with Crippen LogP contribution < -0.4 is 5.73 Å². The minimum absolute atomic E-state index is 0.355. The monoisotopic (exact) mass is 156 g/mol. The maximum Gasteiger partial charge on any atom is 0.0331 e. The highest BCUT2D eigenvalue weighted by atomic mass is 15.2. The molecule has 1 fully saturated rings. The topological polar surface area (TPSA) is 29.3 Å². The van der Waals surface area contributed by atoms with Crippen LogP contribution in [-0.4, -0.2) is 30.1 Å². The van der Waals surface area contributed by atoms with Gasteiger partial charge in [-0.05, 0) is 40.2 Å². The number of likely N-dealkylation sites (N-methyl/N-ethyl adjacent to an activating group) is 1. The second kappa shape index (κ2) is 3.11.